The molecule has 5 aromatic carbocycles. The van der Waals surface area contributed by atoms with Crippen LogP contribution < -0.4 is 20.3 Å². The lowest BCUT2D eigenvalue weighted by Crippen LogP contribution is -2.49. The van der Waals surface area contributed by atoms with Crippen molar-refractivity contribution in [1.82, 2.24) is 10.2 Å². The third-order valence-electron chi connectivity index (χ3n) is 9.67. The van der Waals surface area contributed by atoms with E-state index in [1.807, 2.05) is 91.0 Å². The highest BCUT2D eigenvalue weighted by Gasteiger charge is 2.34. The lowest BCUT2D eigenvalue weighted by atomic mass is 9.99. The Kier molecular flexibility index (Phi) is 11.8. The minimum absolute atomic E-state index is 0.0212. The van der Waals surface area contributed by atoms with E-state index in [1.54, 1.807) is 36.4 Å². The summed E-state index contributed by atoms with van der Waals surface area (Å²) in [6.07, 6.45) is -0.211. The van der Waals surface area contributed by atoms with E-state index >= 15 is 0 Å². The second-order valence-electron chi connectivity index (χ2n) is 13.4. The first-order chi connectivity index (χ1) is 26.4. The summed E-state index contributed by atoms with van der Waals surface area (Å²) in [6, 6.07) is 38.8. The molecule has 2 aliphatic rings. The summed E-state index contributed by atoms with van der Waals surface area (Å²) in [7, 11) is 0. The highest BCUT2D eigenvalue weighted by Crippen LogP contribution is 2.38. The van der Waals surface area contributed by atoms with Gasteiger partial charge in [-0.25, -0.2) is 4.79 Å². The first-order valence-electron chi connectivity index (χ1n) is 18.1. The molecule has 2 amide bonds. The minimum Gasteiger partial charge on any atom is -0.457 e. The Hall–Kier alpha value is -5.79. The number of nitro groups is 1. The molecule has 7 rings (SSSR count). The quantitative estimate of drug-likeness (QED) is 0.0877. The van der Waals surface area contributed by atoms with E-state index < -0.39 is 6.29 Å². The number of hydrogen-bond acceptors (Lipinski definition) is 9. The van der Waals surface area contributed by atoms with E-state index in [2.05, 4.69) is 20.4 Å². The highest BCUT2D eigenvalue weighted by molar-refractivity contribution is 5.89. The summed E-state index contributed by atoms with van der Waals surface area (Å²) in [5.41, 5.74) is 5.39. The Morgan fingerprint density at radius 2 is 1.43 bits per heavy atom. The number of nitro benzene ring substituents is 1. The second kappa shape index (κ2) is 17.4. The van der Waals surface area contributed by atoms with Crippen LogP contribution in [0.1, 0.15) is 41.1 Å². The molecule has 54 heavy (non-hydrogen) atoms. The third kappa shape index (κ3) is 9.60. The second-order valence-corrected chi connectivity index (χ2v) is 13.4. The number of amides is 2. The van der Waals surface area contributed by atoms with Crippen molar-refractivity contribution < 1.29 is 29.0 Å². The minimum atomic E-state index is -0.591. The van der Waals surface area contributed by atoms with E-state index in [-0.39, 0.29) is 35.5 Å². The smallest absolute Gasteiger partial charge is 0.319 e. The number of ether oxygens (including phenoxy) is 3. The maximum absolute atomic E-state index is 12.7. The molecule has 3 N–H and O–H groups in total. The lowest BCUT2D eigenvalue weighted by molar-refractivity contribution is -0.384. The fraction of sp³-hybridized carbons (Fsp3) is 0.262. The van der Waals surface area contributed by atoms with E-state index in [4.69, 9.17) is 14.2 Å². The number of nitrogens with zero attached hydrogens (tertiary/aromatic N) is 3. The summed E-state index contributed by atoms with van der Waals surface area (Å²) in [5, 5.41) is 26.4. The molecule has 3 atom stereocenters. The zero-order valence-electron chi connectivity index (χ0n) is 29.8. The van der Waals surface area contributed by atoms with Crippen molar-refractivity contribution in [2.24, 2.45) is 0 Å². The Balaban J connectivity index is 0.941. The van der Waals surface area contributed by atoms with E-state index in [0.717, 1.165) is 66.4 Å². The highest BCUT2D eigenvalue weighted by atomic mass is 16.7. The van der Waals surface area contributed by atoms with Gasteiger partial charge < -0.3 is 34.9 Å². The van der Waals surface area contributed by atoms with Gasteiger partial charge >= 0.3 is 6.03 Å². The van der Waals surface area contributed by atoms with Crippen molar-refractivity contribution in [3.8, 4) is 11.5 Å². The van der Waals surface area contributed by atoms with E-state index in [0.29, 0.717) is 24.4 Å². The fourth-order valence-electron chi connectivity index (χ4n) is 6.68. The molecule has 0 saturated carbocycles. The number of benzene rings is 5. The number of anilines is 2. The van der Waals surface area contributed by atoms with Gasteiger partial charge in [0, 0.05) is 74.8 Å². The summed E-state index contributed by atoms with van der Waals surface area (Å²) in [6.45, 7) is 4.33. The molecule has 0 aromatic heterocycles. The van der Waals surface area contributed by atoms with Gasteiger partial charge in [-0.1, -0.05) is 66.7 Å². The van der Waals surface area contributed by atoms with Gasteiger partial charge in [-0.3, -0.25) is 15.0 Å². The summed E-state index contributed by atoms with van der Waals surface area (Å²) < 4.78 is 19.0. The van der Waals surface area contributed by atoms with Crippen LogP contribution in [-0.4, -0.2) is 59.8 Å². The van der Waals surface area contributed by atoms with Crippen molar-refractivity contribution in [2.75, 3.05) is 42.9 Å². The largest absolute Gasteiger partial charge is 0.457 e. The zero-order chi connectivity index (χ0) is 37.3. The Morgan fingerprint density at radius 3 is 2.09 bits per heavy atom. The van der Waals surface area contributed by atoms with Crippen LogP contribution in [0.4, 0.5) is 21.9 Å². The van der Waals surface area contributed by atoms with Crippen LogP contribution >= 0.6 is 0 Å². The van der Waals surface area contributed by atoms with Gasteiger partial charge in [-0.15, -0.1) is 0 Å². The number of carbonyl (C=O) groups is 1. The first kappa shape index (κ1) is 36.6. The molecule has 2 aliphatic heterocycles. The van der Waals surface area contributed by atoms with Crippen molar-refractivity contribution in [3.63, 3.8) is 0 Å². The van der Waals surface area contributed by atoms with Crippen LogP contribution in [-0.2, 0) is 22.6 Å². The van der Waals surface area contributed by atoms with Crippen LogP contribution in [0.15, 0.2) is 127 Å². The van der Waals surface area contributed by atoms with Gasteiger partial charge in [-0.05, 0) is 65.2 Å². The number of piperazine rings is 1. The third-order valence-corrected chi connectivity index (χ3v) is 9.67. The number of nitrogens with one attached hydrogen (secondary N) is 2. The topological polar surface area (TPSA) is 139 Å². The van der Waals surface area contributed by atoms with E-state index in [1.165, 1.54) is 0 Å². The number of urea groups is 1. The molecule has 5 aromatic rings. The Labute approximate surface area is 314 Å². The van der Waals surface area contributed by atoms with Crippen LogP contribution in [0, 0.1) is 10.1 Å². The summed E-state index contributed by atoms with van der Waals surface area (Å²) >= 11 is 0. The zero-order valence-corrected chi connectivity index (χ0v) is 29.8. The Morgan fingerprint density at radius 1 is 0.778 bits per heavy atom. The van der Waals surface area contributed by atoms with Crippen molar-refractivity contribution >= 4 is 23.1 Å². The molecule has 0 spiro atoms. The summed E-state index contributed by atoms with van der Waals surface area (Å²) in [4.78, 5) is 28.0. The lowest BCUT2D eigenvalue weighted by Gasteiger charge is -2.41. The molecule has 0 aliphatic carbocycles. The van der Waals surface area contributed by atoms with Crippen molar-refractivity contribution in [2.45, 2.75) is 38.1 Å². The molecule has 0 radical (unpaired) electrons. The van der Waals surface area contributed by atoms with Crippen molar-refractivity contribution in [3.05, 3.63) is 160 Å². The number of aliphatic hydroxyl groups is 1. The molecule has 278 valence electrons. The molecular formula is C42H43N5O7. The van der Waals surface area contributed by atoms with Gasteiger partial charge in [0.2, 0.25) is 0 Å². The average molecular weight is 730 g/mol. The molecule has 0 bridgehead atoms. The average Bonchev–Trinajstić information content (AvgIpc) is 3.21. The SMILES string of the molecule is O=C(NCc1ccc(C2OC(CN3CCN(c4ccc([N+](=O)[O-])cc4)CC3)CC(c3ccc(CO)cc3)O2)cc1)Nc1ccc(Oc2ccccc2)cc1. The van der Waals surface area contributed by atoms with Crippen molar-refractivity contribution in [1.29, 1.82) is 0 Å². The van der Waals surface area contributed by atoms with Gasteiger partial charge in [-0.2, -0.15) is 0 Å². The van der Waals surface area contributed by atoms with Crippen LogP contribution in [0.2, 0.25) is 0 Å². The van der Waals surface area contributed by atoms with Crippen LogP contribution in [0.25, 0.3) is 0 Å². The standard InChI is InChI=1S/C42H43N5O7/c48-29-31-8-10-32(11-9-31)40-26-39(28-45-22-24-46(25-23-45)35-16-18-36(19-17-35)47(50)51)53-41(54-40)33-12-6-30(7-13-33)27-43-42(49)44-34-14-20-38(21-15-34)52-37-4-2-1-3-5-37/h1-21,39-41,48H,22-29H2,(H2,43,44,49). The molecule has 12 heteroatoms. The predicted octanol–water partition coefficient (Wildman–Crippen LogP) is 7.57. The maximum atomic E-state index is 12.7. The molecular weight excluding hydrogens is 686 g/mol. The van der Waals surface area contributed by atoms with Gasteiger partial charge in [0.15, 0.2) is 6.29 Å². The molecule has 2 saturated heterocycles. The van der Waals surface area contributed by atoms with Crippen LogP contribution in [0.3, 0.4) is 0 Å². The molecule has 12 nitrogen and oxygen atoms in total. The monoisotopic (exact) mass is 729 g/mol. The number of rotatable bonds is 12. The Bertz CT molecular complexity index is 1970. The number of carbonyl (C=O) groups excluding carboxylic acids is 1. The van der Waals surface area contributed by atoms with E-state index in [9.17, 15) is 20.0 Å². The van der Waals surface area contributed by atoms with Crippen LogP contribution in [0.5, 0.6) is 11.5 Å². The maximum Gasteiger partial charge on any atom is 0.319 e. The first-order valence-corrected chi connectivity index (χ1v) is 18.1. The van der Waals surface area contributed by atoms with Gasteiger partial charge in [0.1, 0.15) is 11.5 Å². The number of para-hydroxylation sites is 1. The normalized spacial score (nSPS) is 18.8. The molecule has 3 unspecified atom stereocenters. The van der Waals surface area contributed by atoms with Gasteiger partial charge in [0.05, 0.1) is 23.7 Å². The number of hydrogen-bond donors (Lipinski definition) is 3. The van der Waals surface area contributed by atoms with Gasteiger partial charge in [0.25, 0.3) is 5.69 Å². The summed E-state index contributed by atoms with van der Waals surface area (Å²) in [5.74, 6) is 1.42. The number of non-ortho nitro benzene ring substituents is 1. The predicted molar refractivity (Wildman–Crippen MR) is 205 cm³/mol. The molecule has 2 fully saturated rings. The number of aliphatic hydroxyl groups excluding tert-OH is 1. The molecule has 2 heterocycles. The fourth-order valence-corrected chi connectivity index (χ4v) is 6.68.